The van der Waals surface area contributed by atoms with E-state index >= 15 is 0 Å². The number of ether oxygens (including phenoxy) is 2. The number of amides is 1. The van der Waals surface area contributed by atoms with Gasteiger partial charge in [0.25, 0.3) is 11.0 Å². The SMILES string of the molecule is Cc1cc(Br)cc2c1O[C@H](C(F)(F)F)C(C(=O)NCCOCCO[N+](=O)[O-])=C2. The molecule has 8 nitrogen and oxygen atoms in total. The average molecular weight is 469 g/mol. The van der Waals surface area contributed by atoms with Gasteiger partial charge in [-0.3, -0.25) is 4.79 Å². The summed E-state index contributed by atoms with van der Waals surface area (Å²) in [5.74, 6) is -0.882. The molecule has 1 heterocycles. The molecule has 0 radical (unpaired) electrons. The summed E-state index contributed by atoms with van der Waals surface area (Å²) in [5.41, 5.74) is 0.277. The third-order valence-corrected chi connectivity index (χ3v) is 4.07. The molecular weight excluding hydrogens is 453 g/mol. The molecule has 0 spiro atoms. The van der Waals surface area contributed by atoms with Gasteiger partial charge in [-0.15, -0.1) is 10.1 Å². The molecule has 1 aromatic rings. The van der Waals surface area contributed by atoms with Gasteiger partial charge in [-0.25, -0.2) is 0 Å². The molecule has 1 N–H and O–H groups in total. The van der Waals surface area contributed by atoms with Crippen molar-refractivity contribution >= 4 is 27.9 Å². The number of nitrogens with zero attached hydrogens (tertiary/aromatic N) is 1. The lowest BCUT2D eigenvalue weighted by Crippen LogP contribution is -2.44. The van der Waals surface area contributed by atoms with Gasteiger partial charge in [0.2, 0.25) is 6.10 Å². The molecule has 1 aromatic carbocycles. The predicted molar refractivity (Wildman–Crippen MR) is 94.1 cm³/mol. The number of rotatable bonds is 8. The monoisotopic (exact) mass is 468 g/mol. The summed E-state index contributed by atoms with van der Waals surface area (Å²) < 4.78 is 50.9. The average Bonchev–Trinajstić information content (AvgIpc) is 2.58. The Balaban J connectivity index is 2.04. The maximum atomic E-state index is 13.4. The van der Waals surface area contributed by atoms with Crippen molar-refractivity contribution in [2.45, 2.75) is 19.2 Å². The van der Waals surface area contributed by atoms with Crippen LogP contribution in [0.1, 0.15) is 11.1 Å². The first-order chi connectivity index (χ1) is 13.1. The van der Waals surface area contributed by atoms with Gasteiger partial charge < -0.3 is 19.6 Å². The van der Waals surface area contributed by atoms with Gasteiger partial charge in [0.1, 0.15) is 12.4 Å². The zero-order valence-corrected chi connectivity index (χ0v) is 16.1. The van der Waals surface area contributed by atoms with Crippen molar-refractivity contribution in [3.05, 3.63) is 43.4 Å². The van der Waals surface area contributed by atoms with Crippen molar-refractivity contribution in [1.29, 1.82) is 0 Å². The highest BCUT2D eigenvalue weighted by molar-refractivity contribution is 9.10. The second-order valence-electron chi connectivity index (χ2n) is 5.71. The molecule has 28 heavy (non-hydrogen) atoms. The molecule has 1 atom stereocenters. The second-order valence-corrected chi connectivity index (χ2v) is 6.62. The maximum absolute atomic E-state index is 13.4. The number of carbonyl (C=O) groups excluding carboxylic acids is 1. The Hall–Kier alpha value is -2.34. The highest BCUT2D eigenvalue weighted by Gasteiger charge is 2.48. The number of nitrogens with one attached hydrogen (secondary N) is 1. The van der Waals surface area contributed by atoms with Gasteiger partial charge in [0, 0.05) is 16.6 Å². The summed E-state index contributed by atoms with van der Waals surface area (Å²) in [6, 6.07) is 3.17. The Bertz CT molecular complexity index is 784. The molecule has 0 fully saturated rings. The number of alkyl halides is 3. The number of hydrogen-bond donors (Lipinski definition) is 1. The highest BCUT2D eigenvalue weighted by atomic mass is 79.9. The molecule has 0 aliphatic carbocycles. The first-order valence-electron chi connectivity index (χ1n) is 7.98. The Labute approximate surface area is 165 Å². The first kappa shape index (κ1) is 22.0. The van der Waals surface area contributed by atoms with Crippen molar-refractivity contribution < 1.29 is 37.4 Å². The number of halogens is 4. The Morgan fingerprint density at radius 2 is 2.07 bits per heavy atom. The first-order valence-corrected chi connectivity index (χ1v) is 8.77. The normalized spacial score (nSPS) is 15.9. The van der Waals surface area contributed by atoms with E-state index in [1.165, 1.54) is 0 Å². The fourth-order valence-electron chi connectivity index (χ4n) is 2.49. The lowest BCUT2D eigenvalue weighted by molar-refractivity contribution is -0.758. The van der Waals surface area contributed by atoms with Crippen LogP contribution in [-0.4, -0.2) is 49.6 Å². The van der Waals surface area contributed by atoms with Gasteiger partial charge in [-0.05, 0) is 30.7 Å². The van der Waals surface area contributed by atoms with Crippen LogP contribution in [0, 0.1) is 17.0 Å². The molecule has 0 aromatic heterocycles. The summed E-state index contributed by atoms with van der Waals surface area (Å²) in [4.78, 5) is 26.2. The molecule has 1 aliphatic heterocycles. The van der Waals surface area contributed by atoms with E-state index in [4.69, 9.17) is 9.47 Å². The van der Waals surface area contributed by atoms with E-state index in [-0.39, 0.29) is 32.1 Å². The second kappa shape index (κ2) is 9.24. The van der Waals surface area contributed by atoms with E-state index in [0.717, 1.165) is 6.08 Å². The molecule has 0 saturated heterocycles. The Kier molecular flexibility index (Phi) is 7.24. The maximum Gasteiger partial charge on any atom is 0.429 e. The van der Waals surface area contributed by atoms with Crippen LogP contribution in [0.4, 0.5) is 13.2 Å². The van der Waals surface area contributed by atoms with Gasteiger partial charge in [0.15, 0.2) is 0 Å². The van der Waals surface area contributed by atoms with Gasteiger partial charge in [0.05, 0.1) is 18.8 Å². The standard InChI is InChI=1S/C16H16BrF3N2O6/c1-9-6-11(17)7-10-8-12(14(16(18,19)20)28-13(9)10)15(23)21-2-3-26-4-5-27-22(24)25/h6-8,14H,2-5H2,1H3,(H,21,23)/t14-/m0/s1. The van der Waals surface area contributed by atoms with Crippen LogP contribution in [0.3, 0.4) is 0 Å². The third-order valence-electron chi connectivity index (χ3n) is 3.61. The lowest BCUT2D eigenvalue weighted by Gasteiger charge is -2.29. The third kappa shape index (κ3) is 5.83. The number of fused-ring (bicyclic) bond motifs is 1. The van der Waals surface area contributed by atoms with E-state index in [1.807, 2.05) is 0 Å². The smallest absolute Gasteiger partial charge is 0.429 e. The van der Waals surface area contributed by atoms with Gasteiger partial charge in [-0.2, -0.15) is 13.2 Å². The van der Waals surface area contributed by atoms with Crippen LogP contribution in [-0.2, 0) is 14.4 Å². The molecule has 1 aliphatic rings. The number of benzene rings is 1. The van der Waals surface area contributed by atoms with E-state index in [2.05, 4.69) is 26.1 Å². The van der Waals surface area contributed by atoms with Gasteiger partial charge in [-0.1, -0.05) is 15.9 Å². The molecule has 0 unspecified atom stereocenters. The van der Waals surface area contributed by atoms with E-state index < -0.39 is 28.8 Å². The number of aryl methyl sites for hydroxylation is 1. The quantitative estimate of drug-likeness (QED) is 0.357. The molecular formula is C16H16BrF3N2O6. The number of hydrogen-bond acceptors (Lipinski definition) is 6. The van der Waals surface area contributed by atoms with Crippen molar-refractivity contribution in [3.8, 4) is 5.75 Å². The zero-order chi connectivity index (χ0) is 20.9. The molecule has 1 amide bonds. The van der Waals surface area contributed by atoms with E-state index in [1.54, 1.807) is 19.1 Å². The molecule has 2 rings (SSSR count). The minimum Gasteiger partial charge on any atom is -0.475 e. The fourth-order valence-corrected chi connectivity index (χ4v) is 3.08. The molecule has 12 heteroatoms. The van der Waals surface area contributed by atoms with Crippen molar-refractivity contribution in [2.24, 2.45) is 0 Å². The van der Waals surface area contributed by atoms with Crippen molar-refractivity contribution in [1.82, 2.24) is 5.32 Å². The van der Waals surface area contributed by atoms with E-state index in [0.29, 0.717) is 15.6 Å². The Morgan fingerprint density at radius 3 is 2.71 bits per heavy atom. The molecule has 0 bridgehead atoms. The summed E-state index contributed by atoms with van der Waals surface area (Å²) in [6.45, 7) is 1.06. The van der Waals surface area contributed by atoms with Crippen LogP contribution in [0.15, 0.2) is 22.2 Å². The topological polar surface area (TPSA) is 99.9 Å². The van der Waals surface area contributed by atoms with Crippen molar-refractivity contribution in [2.75, 3.05) is 26.4 Å². The summed E-state index contributed by atoms with van der Waals surface area (Å²) in [7, 11) is 0. The summed E-state index contributed by atoms with van der Waals surface area (Å²) >= 11 is 3.26. The summed E-state index contributed by atoms with van der Waals surface area (Å²) in [6.07, 6.45) is -6.03. The number of carbonyl (C=O) groups is 1. The largest absolute Gasteiger partial charge is 0.475 e. The van der Waals surface area contributed by atoms with Crippen LogP contribution < -0.4 is 10.1 Å². The molecule has 154 valence electrons. The van der Waals surface area contributed by atoms with Gasteiger partial charge >= 0.3 is 6.18 Å². The predicted octanol–water partition coefficient (Wildman–Crippen LogP) is 2.81. The summed E-state index contributed by atoms with van der Waals surface area (Å²) in [5, 5.41) is 11.3. The van der Waals surface area contributed by atoms with Crippen LogP contribution in [0.2, 0.25) is 0 Å². The van der Waals surface area contributed by atoms with Crippen molar-refractivity contribution in [3.63, 3.8) is 0 Å². The Morgan fingerprint density at radius 1 is 1.36 bits per heavy atom. The lowest BCUT2D eigenvalue weighted by atomic mass is 9.98. The van der Waals surface area contributed by atoms with E-state index in [9.17, 15) is 28.1 Å². The molecule has 0 saturated carbocycles. The highest BCUT2D eigenvalue weighted by Crippen LogP contribution is 2.40. The minimum absolute atomic E-state index is 0.0567. The minimum atomic E-state index is -4.78. The van der Waals surface area contributed by atoms with Crippen LogP contribution in [0.5, 0.6) is 5.75 Å². The van der Waals surface area contributed by atoms with Crippen LogP contribution >= 0.6 is 15.9 Å². The fraction of sp³-hybridized carbons (Fsp3) is 0.438. The van der Waals surface area contributed by atoms with Crippen LogP contribution in [0.25, 0.3) is 6.08 Å². The zero-order valence-electron chi connectivity index (χ0n) is 14.5.